The molecule has 0 saturated carbocycles. The summed E-state index contributed by atoms with van der Waals surface area (Å²) in [6.45, 7) is 2.57. The fourth-order valence-corrected chi connectivity index (χ4v) is 4.19. The van der Waals surface area contributed by atoms with Gasteiger partial charge in [0.05, 0.1) is 5.75 Å². The number of aromatic nitrogens is 4. The second-order valence-corrected chi connectivity index (χ2v) is 8.53. The van der Waals surface area contributed by atoms with Crippen molar-refractivity contribution in [3.63, 3.8) is 0 Å². The van der Waals surface area contributed by atoms with Crippen LogP contribution < -0.4 is 5.32 Å². The van der Waals surface area contributed by atoms with E-state index in [2.05, 4.69) is 32.6 Å². The topological polar surface area (TPSA) is 72.7 Å². The summed E-state index contributed by atoms with van der Waals surface area (Å²) in [5.74, 6) is 0.825. The molecule has 0 aliphatic heterocycles. The van der Waals surface area contributed by atoms with Crippen molar-refractivity contribution in [3.05, 3.63) is 89.2 Å². The number of nitrogens with zero attached hydrogens (tertiary/aromatic N) is 4. The predicted octanol–water partition coefficient (Wildman–Crippen LogP) is 5.28. The van der Waals surface area contributed by atoms with Crippen LogP contribution >= 0.6 is 23.4 Å². The summed E-state index contributed by atoms with van der Waals surface area (Å²) in [5, 5.41) is 13.0. The van der Waals surface area contributed by atoms with Crippen LogP contribution in [-0.4, -0.2) is 31.4 Å². The molecular weight excluding hydrogens is 442 g/mol. The SMILES string of the molecule is Cc1c(Cl)cccc1NC(=O)CSc1nnc(-c2cccnc2)n1CCc1ccccc1. The van der Waals surface area contributed by atoms with Gasteiger partial charge < -0.3 is 9.88 Å². The number of pyridine rings is 1. The van der Waals surface area contributed by atoms with Crippen molar-refractivity contribution < 1.29 is 4.79 Å². The largest absolute Gasteiger partial charge is 0.325 e. The van der Waals surface area contributed by atoms with Gasteiger partial charge in [-0.05, 0) is 48.7 Å². The zero-order valence-corrected chi connectivity index (χ0v) is 19.1. The van der Waals surface area contributed by atoms with Gasteiger partial charge in [-0.15, -0.1) is 10.2 Å². The van der Waals surface area contributed by atoms with Crippen molar-refractivity contribution >= 4 is 35.0 Å². The Kier molecular flexibility index (Phi) is 7.19. The molecule has 1 N–H and O–H groups in total. The quantitative estimate of drug-likeness (QED) is 0.360. The number of carbonyl (C=O) groups is 1. The average Bonchev–Trinajstić information content (AvgIpc) is 3.23. The molecule has 2 aromatic carbocycles. The van der Waals surface area contributed by atoms with Crippen LogP contribution in [0.15, 0.2) is 78.2 Å². The normalized spacial score (nSPS) is 10.8. The van der Waals surface area contributed by atoms with Crippen LogP contribution in [0.1, 0.15) is 11.1 Å². The highest BCUT2D eigenvalue weighted by molar-refractivity contribution is 7.99. The Balaban J connectivity index is 1.50. The molecule has 0 saturated heterocycles. The maximum absolute atomic E-state index is 12.6. The Hall–Kier alpha value is -3.16. The number of amides is 1. The summed E-state index contributed by atoms with van der Waals surface area (Å²) in [7, 11) is 0. The molecule has 0 fully saturated rings. The lowest BCUT2D eigenvalue weighted by Gasteiger charge is -2.11. The Bertz CT molecular complexity index is 1200. The standard InChI is InChI=1S/C24H22ClN5OS/c1-17-20(25)10-5-11-21(17)27-22(31)16-32-24-29-28-23(19-9-6-13-26-15-19)30(24)14-12-18-7-3-2-4-8-18/h2-11,13,15H,12,14,16H2,1H3,(H,27,31). The van der Waals surface area contributed by atoms with Crippen LogP contribution in [0.2, 0.25) is 5.02 Å². The van der Waals surface area contributed by atoms with Gasteiger partial charge in [0.1, 0.15) is 0 Å². The number of thioether (sulfide) groups is 1. The molecule has 2 heterocycles. The smallest absolute Gasteiger partial charge is 0.234 e. The fraction of sp³-hybridized carbons (Fsp3) is 0.167. The highest BCUT2D eigenvalue weighted by atomic mass is 35.5. The van der Waals surface area contributed by atoms with E-state index in [0.717, 1.165) is 23.4 Å². The average molecular weight is 464 g/mol. The molecule has 6 nitrogen and oxygen atoms in total. The fourth-order valence-electron chi connectivity index (χ4n) is 3.25. The molecule has 32 heavy (non-hydrogen) atoms. The van der Waals surface area contributed by atoms with Crippen molar-refractivity contribution in [1.29, 1.82) is 0 Å². The third-order valence-corrected chi connectivity index (χ3v) is 6.35. The molecular formula is C24H22ClN5OS. The van der Waals surface area contributed by atoms with E-state index >= 15 is 0 Å². The van der Waals surface area contributed by atoms with E-state index in [1.54, 1.807) is 18.5 Å². The third kappa shape index (κ3) is 5.36. The minimum absolute atomic E-state index is 0.124. The maximum Gasteiger partial charge on any atom is 0.234 e. The number of halogens is 1. The molecule has 0 bridgehead atoms. The Labute approximate surface area is 196 Å². The van der Waals surface area contributed by atoms with E-state index < -0.39 is 0 Å². The number of hydrogen-bond donors (Lipinski definition) is 1. The minimum Gasteiger partial charge on any atom is -0.325 e. The van der Waals surface area contributed by atoms with Crippen LogP contribution in [0.3, 0.4) is 0 Å². The zero-order valence-electron chi connectivity index (χ0n) is 17.5. The first-order valence-electron chi connectivity index (χ1n) is 10.2. The molecule has 4 rings (SSSR count). The van der Waals surface area contributed by atoms with Gasteiger partial charge in [0.25, 0.3) is 0 Å². The highest BCUT2D eigenvalue weighted by Gasteiger charge is 2.16. The number of anilines is 1. The number of nitrogens with one attached hydrogen (secondary N) is 1. The van der Waals surface area contributed by atoms with Crippen molar-refractivity contribution in [2.75, 3.05) is 11.1 Å². The van der Waals surface area contributed by atoms with Gasteiger partial charge in [-0.1, -0.05) is 59.8 Å². The van der Waals surface area contributed by atoms with E-state index in [1.165, 1.54) is 17.3 Å². The number of carbonyl (C=O) groups excluding carboxylic acids is 1. The number of aryl methyl sites for hydroxylation is 1. The van der Waals surface area contributed by atoms with Crippen molar-refractivity contribution in [1.82, 2.24) is 19.7 Å². The maximum atomic E-state index is 12.6. The van der Waals surface area contributed by atoms with Gasteiger partial charge in [0.15, 0.2) is 11.0 Å². The third-order valence-electron chi connectivity index (χ3n) is 4.98. The van der Waals surface area contributed by atoms with Crippen LogP contribution in [0.5, 0.6) is 0 Å². The summed E-state index contributed by atoms with van der Waals surface area (Å²) in [6.07, 6.45) is 4.33. The van der Waals surface area contributed by atoms with Crippen LogP contribution in [-0.2, 0) is 17.8 Å². The van der Waals surface area contributed by atoms with Crippen LogP contribution in [0.25, 0.3) is 11.4 Å². The second kappa shape index (κ2) is 10.4. The second-order valence-electron chi connectivity index (χ2n) is 7.18. The summed E-state index contributed by atoms with van der Waals surface area (Å²) in [4.78, 5) is 16.8. The number of rotatable bonds is 8. The monoisotopic (exact) mass is 463 g/mol. The lowest BCUT2D eigenvalue weighted by molar-refractivity contribution is -0.113. The zero-order chi connectivity index (χ0) is 22.3. The van der Waals surface area contributed by atoms with Gasteiger partial charge >= 0.3 is 0 Å². The molecule has 8 heteroatoms. The number of hydrogen-bond acceptors (Lipinski definition) is 5. The van der Waals surface area contributed by atoms with Gasteiger partial charge in [0.2, 0.25) is 5.91 Å². The number of benzene rings is 2. The molecule has 162 valence electrons. The summed E-state index contributed by atoms with van der Waals surface area (Å²) in [6, 6.07) is 19.6. The van der Waals surface area contributed by atoms with E-state index in [4.69, 9.17) is 11.6 Å². The summed E-state index contributed by atoms with van der Waals surface area (Å²) < 4.78 is 2.05. The predicted molar refractivity (Wildman–Crippen MR) is 129 cm³/mol. The van der Waals surface area contributed by atoms with Crippen LogP contribution in [0, 0.1) is 6.92 Å². The van der Waals surface area contributed by atoms with Crippen molar-refractivity contribution in [2.24, 2.45) is 0 Å². The first-order valence-corrected chi connectivity index (χ1v) is 11.5. The van der Waals surface area contributed by atoms with Crippen LogP contribution in [0.4, 0.5) is 5.69 Å². The highest BCUT2D eigenvalue weighted by Crippen LogP contribution is 2.26. The van der Waals surface area contributed by atoms with E-state index in [-0.39, 0.29) is 11.7 Å². The molecule has 0 unspecified atom stereocenters. The first kappa shape index (κ1) is 22.0. The van der Waals surface area contributed by atoms with Crippen molar-refractivity contribution in [2.45, 2.75) is 25.0 Å². The van der Waals surface area contributed by atoms with E-state index in [0.29, 0.717) is 22.4 Å². The van der Waals surface area contributed by atoms with E-state index in [1.807, 2.05) is 54.0 Å². The lowest BCUT2D eigenvalue weighted by atomic mass is 10.1. The van der Waals surface area contributed by atoms with Gasteiger partial charge in [-0.3, -0.25) is 9.78 Å². The Morgan fingerprint density at radius 1 is 1.06 bits per heavy atom. The summed E-state index contributed by atoms with van der Waals surface area (Å²) in [5.41, 5.74) is 3.67. The molecule has 1 amide bonds. The van der Waals surface area contributed by atoms with Gasteiger partial charge in [0, 0.05) is 35.2 Å². The molecule has 0 radical (unpaired) electrons. The van der Waals surface area contributed by atoms with Gasteiger partial charge in [-0.2, -0.15) is 0 Å². The molecule has 0 aliphatic carbocycles. The summed E-state index contributed by atoms with van der Waals surface area (Å²) >= 11 is 7.51. The molecule has 0 atom stereocenters. The van der Waals surface area contributed by atoms with Crippen molar-refractivity contribution in [3.8, 4) is 11.4 Å². The molecule has 0 aliphatic rings. The lowest BCUT2D eigenvalue weighted by Crippen LogP contribution is -2.15. The van der Waals surface area contributed by atoms with Gasteiger partial charge in [-0.25, -0.2) is 0 Å². The molecule has 4 aromatic rings. The Morgan fingerprint density at radius 3 is 2.69 bits per heavy atom. The minimum atomic E-state index is -0.124. The van der Waals surface area contributed by atoms with E-state index in [9.17, 15) is 4.79 Å². The first-order chi connectivity index (χ1) is 15.6. The molecule has 0 spiro atoms. The molecule has 2 aromatic heterocycles. The Morgan fingerprint density at radius 2 is 1.91 bits per heavy atom.